The summed E-state index contributed by atoms with van der Waals surface area (Å²) in [4.78, 5) is 13.3. The number of ether oxygens (including phenoxy) is 1. The van der Waals surface area contributed by atoms with E-state index in [4.69, 9.17) is 4.74 Å². The summed E-state index contributed by atoms with van der Waals surface area (Å²) in [6.45, 7) is 2.71. The third-order valence-corrected chi connectivity index (χ3v) is 4.38. The fourth-order valence-corrected chi connectivity index (χ4v) is 3.24. The average molecular weight is 289 g/mol. The molecule has 0 spiro atoms. The smallest absolute Gasteiger partial charge is 0.317 e. The summed E-state index contributed by atoms with van der Waals surface area (Å²) in [5, 5.41) is 6.18. The third kappa shape index (κ3) is 2.97. The molecular weight excluding hydrogens is 266 g/mol. The minimum atomic E-state index is 0.0175. The van der Waals surface area contributed by atoms with Gasteiger partial charge in [-0.25, -0.2) is 4.79 Å². The molecule has 1 aromatic rings. The SMILES string of the molecule is CNC1CCCc2c(OCCN3CCNC3=O)cccc21. The zero-order chi connectivity index (χ0) is 14.7. The van der Waals surface area contributed by atoms with Crippen molar-refractivity contribution in [1.82, 2.24) is 15.5 Å². The number of fused-ring (bicyclic) bond motifs is 1. The largest absolute Gasteiger partial charge is 0.491 e. The van der Waals surface area contributed by atoms with Crippen LogP contribution in [0.25, 0.3) is 0 Å². The Labute approximate surface area is 125 Å². The molecule has 2 N–H and O–H groups in total. The summed E-state index contributed by atoms with van der Waals surface area (Å²) in [5.74, 6) is 0.979. The van der Waals surface area contributed by atoms with Crippen molar-refractivity contribution in [2.24, 2.45) is 0 Å². The molecule has 1 aliphatic carbocycles. The first-order chi connectivity index (χ1) is 10.3. The van der Waals surface area contributed by atoms with Crippen LogP contribution in [0, 0.1) is 0 Å². The van der Waals surface area contributed by atoms with Crippen LogP contribution >= 0.6 is 0 Å². The van der Waals surface area contributed by atoms with Crippen LogP contribution in [0.3, 0.4) is 0 Å². The summed E-state index contributed by atoms with van der Waals surface area (Å²) in [6.07, 6.45) is 3.45. The highest BCUT2D eigenvalue weighted by Crippen LogP contribution is 2.35. The normalized spacial score (nSPS) is 21.1. The molecule has 0 aromatic heterocycles. The minimum absolute atomic E-state index is 0.0175. The van der Waals surface area contributed by atoms with Crippen LogP contribution in [0.5, 0.6) is 5.75 Å². The van der Waals surface area contributed by atoms with Crippen LogP contribution < -0.4 is 15.4 Å². The molecule has 1 unspecified atom stereocenters. The standard InChI is InChI=1S/C16H23N3O2/c1-17-14-6-2-5-13-12(14)4-3-7-15(13)21-11-10-19-9-8-18-16(19)20/h3-4,7,14,17H,2,5-6,8-11H2,1H3,(H,18,20). The Morgan fingerprint density at radius 1 is 1.48 bits per heavy atom. The van der Waals surface area contributed by atoms with Crippen molar-refractivity contribution in [3.8, 4) is 5.75 Å². The number of urea groups is 1. The van der Waals surface area contributed by atoms with Gasteiger partial charge >= 0.3 is 6.03 Å². The first-order valence-corrected chi connectivity index (χ1v) is 7.74. The van der Waals surface area contributed by atoms with Crippen molar-refractivity contribution in [3.63, 3.8) is 0 Å². The van der Waals surface area contributed by atoms with Crippen molar-refractivity contribution in [2.45, 2.75) is 25.3 Å². The quantitative estimate of drug-likeness (QED) is 0.867. The van der Waals surface area contributed by atoms with Gasteiger partial charge < -0.3 is 20.3 Å². The molecule has 21 heavy (non-hydrogen) atoms. The predicted molar refractivity (Wildman–Crippen MR) is 81.6 cm³/mol. The molecule has 5 nitrogen and oxygen atoms in total. The Bertz CT molecular complexity index is 518. The number of hydrogen-bond acceptors (Lipinski definition) is 3. The molecule has 2 amide bonds. The highest BCUT2D eigenvalue weighted by atomic mass is 16.5. The lowest BCUT2D eigenvalue weighted by Crippen LogP contribution is -2.32. The molecule has 0 bridgehead atoms. The van der Waals surface area contributed by atoms with Gasteiger partial charge in [0.2, 0.25) is 0 Å². The van der Waals surface area contributed by atoms with Gasteiger partial charge in [0.1, 0.15) is 12.4 Å². The van der Waals surface area contributed by atoms with Crippen LogP contribution in [0.15, 0.2) is 18.2 Å². The first-order valence-electron chi connectivity index (χ1n) is 7.74. The van der Waals surface area contributed by atoms with Gasteiger partial charge in [-0.1, -0.05) is 12.1 Å². The van der Waals surface area contributed by atoms with Crippen molar-refractivity contribution >= 4 is 6.03 Å². The summed E-state index contributed by atoms with van der Waals surface area (Å²) < 4.78 is 5.96. The molecular formula is C16H23N3O2. The molecule has 0 radical (unpaired) electrons. The first kappa shape index (κ1) is 14.2. The van der Waals surface area contributed by atoms with E-state index in [1.54, 1.807) is 4.90 Å². The maximum atomic E-state index is 11.5. The van der Waals surface area contributed by atoms with Gasteiger partial charge in [0.25, 0.3) is 0 Å². The molecule has 5 heteroatoms. The molecule has 0 saturated carbocycles. The van der Waals surface area contributed by atoms with E-state index in [-0.39, 0.29) is 6.03 Å². The zero-order valence-corrected chi connectivity index (χ0v) is 12.5. The lowest BCUT2D eigenvalue weighted by molar-refractivity contribution is 0.202. The van der Waals surface area contributed by atoms with Gasteiger partial charge in [-0.15, -0.1) is 0 Å². The Morgan fingerprint density at radius 2 is 2.38 bits per heavy atom. The zero-order valence-electron chi connectivity index (χ0n) is 12.5. The van der Waals surface area contributed by atoms with E-state index in [1.165, 1.54) is 24.0 Å². The molecule has 114 valence electrons. The number of carbonyl (C=O) groups excluding carboxylic acids is 1. The number of rotatable bonds is 5. The molecule has 1 atom stereocenters. The van der Waals surface area contributed by atoms with Crippen LogP contribution in [-0.2, 0) is 6.42 Å². The Morgan fingerprint density at radius 3 is 3.14 bits per heavy atom. The van der Waals surface area contributed by atoms with E-state index in [1.807, 2.05) is 13.1 Å². The highest BCUT2D eigenvalue weighted by molar-refractivity contribution is 5.76. The molecule has 1 saturated heterocycles. The topological polar surface area (TPSA) is 53.6 Å². The molecule has 1 aromatic carbocycles. The van der Waals surface area contributed by atoms with Gasteiger partial charge in [-0.05, 0) is 43.5 Å². The van der Waals surface area contributed by atoms with Gasteiger partial charge in [0.05, 0.1) is 6.54 Å². The van der Waals surface area contributed by atoms with Crippen LogP contribution in [0.1, 0.15) is 30.0 Å². The average Bonchev–Trinajstić information content (AvgIpc) is 2.92. The summed E-state index contributed by atoms with van der Waals surface area (Å²) in [6, 6.07) is 6.75. The fourth-order valence-electron chi connectivity index (χ4n) is 3.24. The van der Waals surface area contributed by atoms with E-state index in [9.17, 15) is 4.79 Å². The second kappa shape index (κ2) is 6.35. The van der Waals surface area contributed by atoms with Gasteiger partial charge in [0.15, 0.2) is 0 Å². The van der Waals surface area contributed by atoms with E-state index in [0.717, 1.165) is 25.3 Å². The Hall–Kier alpha value is -1.75. The van der Waals surface area contributed by atoms with E-state index < -0.39 is 0 Å². The second-order valence-corrected chi connectivity index (χ2v) is 5.62. The van der Waals surface area contributed by atoms with Crippen molar-refractivity contribution in [1.29, 1.82) is 0 Å². The van der Waals surface area contributed by atoms with Gasteiger partial charge in [0, 0.05) is 19.1 Å². The van der Waals surface area contributed by atoms with Crippen LogP contribution in [0.4, 0.5) is 4.79 Å². The maximum absolute atomic E-state index is 11.5. The second-order valence-electron chi connectivity index (χ2n) is 5.62. The number of nitrogens with one attached hydrogen (secondary N) is 2. The maximum Gasteiger partial charge on any atom is 0.317 e. The molecule has 2 aliphatic rings. The number of carbonyl (C=O) groups is 1. The van der Waals surface area contributed by atoms with Crippen LogP contribution in [0.2, 0.25) is 0 Å². The summed E-state index contributed by atoms with van der Waals surface area (Å²) in [7, 11) is 2.01. The highest BCUT2D eigenvalue weighted by Gasteiger charge is 2.22. The molecule has 1 fully saturated rings. The number of amides is 2. The molecule has 1 aliphatic heterocycles. The van der Waals surface area contributed by atoms with E-state index in [2.05, 4.69) is 22.8 Å². The predicted octanol–water partition coefficient (Wildman–Crippen LogP) is 1.69. The Kier molecular flexibility index (Phi) is 4.29. The number of hydrogen-bond donors (Lipinski definition) is 2. The Balaban J connectivity index is 1.64. The van der Waals surface area contributed by atoms with E-state index >= 15 is 0 Å². The molecule has 1 heterocycles. The van der Waals surface area contributed by atoms with Crippen molar-refractivity contribution < 1.29 is 9.53 Å². The van der Waals surface area contributed by atoms with Gasteiger partial charge in [-0.3, -0.25) is 0 Å². The van der Waals surface area contributed by atoms with Gasteiger partial charge in [-0.2, -0.15) is 0 Å². The lowest BCUT2D eigenvalue weighted by atomic mass is 9.87. The lowest BCUT2D eigenvalue weighted by Gasteiger charge is -2.27. The van der Waals surface area contributed by atoms with E-state index in [0.29, 0.717) is 19.2 Å². The molecule has 3 rings (SSSR count). The minimum Gasteiger partial charge on any atom is -0.491 e. The number of nitrogens with zero attached hydrogens (tertiary/aromatic N) is 1. The fraction of sp³-hybridized carbons (Fsp3) is 0.562. The number of benzene rings is 1. The third-order valence-electron chi connectivity index (χ3n) is 4.38. The van der Waals surface area contributed by atoms with Crippen molar-refractivity contribution in [3.05, 3.63) is 29.3 Å². The summed E-state index contributed by atoms with van der Waals surface area (Å²) in [5.41, 5.74) is 2.69. The van der Waals surface area contributed by atoms with Crippen LogP contribution in [-0.4, -0.2) is 44.2 Å². The monoisotopic (exact) mass is 289 g/mol. The summed E-state index contributed by atoms with van der Waals surface area (Å²) >= 11 is 0. The van der Waals surface area contributed by atoms with Crippen molar-refractivity contribution in [2.75, 3.05) is 33.3 Å².